The van der Waals surface area contributed by atoms with Gasteiger partial charge in [-0.25, -0.2) is 14.6 Å². The van der Waals surface area contributed by atoms with E-state index in [9.17, 15) is 27.9 Å². The minimum atomic E-state index is -4.53. The first-order valence-corrected chi connectivity index (χ1v) is 15.3. The van der Waals surface area contributed by atoms with Crippen LogP contribution in [0.3, 0.4) is 0 Å². The van der Waals surface area contributed by atoms with Crippen LogP contribution in [0.1, 0.15) is 57.8 Å². The van der Waals surface area contributed by atoms with Crippen molar-refractivity contribution in [1.82, 2.24) is 9.88 Å². The molecular weight excluding hydrogens is 611 g/mol. The number of carbonyl (C=O) groups is 2. The third-order valence-electron chi connectivity index (χ3n) is 8.88. The molecule has 244 valence electrons. The molecule has 47 heavy (non-hydrogen) atoms. The van der Waals surface area contributed by atoms with Gasteiger partial charge in [-0.1, -0.05) is 23.8 Å². The number of carbonyl (C=O) groups excluding carboxylic acids is 1. The third-order valence-corrected chi connectivity index (χ3v) is 8.88. The highest BCUT2D eigenvalue weighted by Crippen LogP contribution is 2.41. The van der Waals surface area contributed by atoms with E-state index in [1.807, 2.05) is 37.3 Å². The van der Waals surface area contributed by atoms with Crippen molar-refractivity contribution in [2.24, 2.45) is 0 Å². The molecule has 3 aromatic carbocycles. The number of rotatable bonds is 8. The average Bonchev–Trinajstić information content (AvgIpc) is 3.28. The normalized spacial score (nSPS) is 17.8. The molecule has 11 heteroatoms. The van der Waals surface area contributed by atoms with Crippen molar-refractivity contribution in [2.75, 3.05) is 25.1 Å². The van der Waals surface area contributed by atoms with Gasteiger partial charge in [-0.3, -0.25) is 4.90 Å². The molecule has 2 aliphatic heterocycles. The van der Waals surface area contributed by atoms with Crippen LogP contribution in [-0.4, -0.2) is 53.3 Å². The van der Waals surface area contributed by atoms with Crippen LogP contribution in [0.2, 0.25) is 0 Å². The number of hydrogen-bond donors (Lipinski definition) is 1. The van der Waals surface area contributed by atoms with Crippen LogP contribution in [0.5, 0.6) is 5.75 Å². The molecule has 0 spiro atoms. The van der Waals surface area contributed by atoms with Crippen molar-refractivity contribution in [3.8, 4) is 28.0 Å². The number of anilines is 1. The number of methoxy groups -OCH3 is 1. The number of amides is 1. The van der Waals surface area contributed by atoms with Crippen molar-refractivity contribution >= 4 is 17.9 Å². The minimum absolute atomic E-state index is 0.0468. The van der Waals surface area contributed by atoms with E-state index >= 15 is 0 Å². The molecule has 8 nitrogen and oxygen atoms in total. The fraction of sp³-hybridized carbons (Fsp3) is 0.306. The van der Waals surface area contributed by atoms with Gasteiger partial charge in [0.15, 0.2) is 0 Å². The number of pyridine rings is 1. The second kappa shape index (κ2) is 12.3. The fourth-order valence-electron chi connectivity index (χ4n) is 6.25. The molecule has 4 aromatic rings. The Morgan fingerprint density at radius 2 is 1.74 bits per heavy atom. The summed E-state index contributed by atoms with van der Waals surface area (Å²) in [6.07, 6.45) is -5.04. The molecule has 1 amide bonds. The number of ether oxygens (including phenoxy) is 2. The fourth-order valence-corrected chi connectivity index (χ4v) is 6.25. The molecule has 2 saturated heterocycles. The molecule has 0 unspecified atom stereocenters. The molecule has 6 rings (SSSR count). The van der Waals surface area contributed by atoms with Gasteiger partial charge in [0.25, 0.3) is 0 Å². The molecule has 0 aliphatic carbocycles. The number of aryl methyl sites for hydroxylation is 2. The summed E-state index contributed by atoms with van der Waals surface area (Å²) in [6, 6.07) is 17.7. The summed E-state index contributed by atoms with van der Waals surface area (Å²) in [7, 11) is 1.56. The third kappa shape index (κ3) is 6.22. The molecule has 0 saturated carbocycles. The summed E-state index contributed by atoms with van der Waals surface area (Å²) in [5.74, 6) is 0.325. The van der Waals surface area contributed by atoms with Crippen molar-refractivity contribution in [2.45, 2.75) is 52.1 Å². The van der Waals surface area contributed by atoms with Crippen molar-refractivity contribution in [3.63, 3.8) is 0 Å². The molecule has 2 atom stereocenters. The highest BCUT2D eigenvalue weighted by molar-refractivity contribution is 5.89. The highest BCUT2D eigenvalue weighted by atomic mass is 19.4. The number of carboxylic acids is 1. The van der Waals surface area contributed by atoms with Gasteiger partial charge in [0.2, 0.25) is 0 Å². The molecule has 3 heterocycles. The SMILES string of the molecule is COc1ccc(-c2ccc(C(=O)O)cc2C)cc1-c1ccc(N2CCC2)nc1CN1C(=O)O[C@H](c2cc(C)cc(C(F)(F)F)c2)[C@@H]1C. The summed E-state index contributed by atoms with van der Waals surface area (Å²) >= 11 is 0. The lowest BCUT2D eigenvalue weighted by molar-refractivity contribution is -0.137. The van der Waals surface area contributed by atoms with Crippen LogP contribution in [0, 0.1) is 13.8 Å². The lowest BCUT2D eigenvalue weighted by Crippen LogP contribution is -2.38. The number of halogens is 3. The quantitative estimate of drug-likeness (QED) is 0.207. The Morgan fingerprint density at radius 1 is 1.00 bits per heavy atom. The zero-order chi connectivity index (χ0) is 33.6. The summed E-state index contributed by atoms with van der Waals surface area (Å²) in [5, 5.41) is 9.43. The van der Waals surface area contributed by atoms with Gasteiger partial charge in [0, 0.05) is 24.2 Å². The Balaban J connectivity index is 1.40. The Hall–Kier alpha value is -5.06. The van der Waals surface area contributed by atoms with Gasteiger partial charge in [-0.15, -0.1) is 0 Å². The number of hydrogen-bond acceptors (Lipinski definition) is 6. The van der Waals surface area contributed by atoms with Crippen molar-refractivity contribution in [1.29, 1.82) is 0 Å². The minimum Gasteiger partial charge on any atom is -0.496 e. The van der Waals surface area contributed by atoms with E-state index in [1.165, 1.54) is 4.90 Å². The molecule has 1 aromatic heterocycles. The van der Waals surface area contributed by atoms with Gasteiger partial charge >= 0.3 is 18.2 Å². The van der Waals surface area contributed by atoms with Gasteiger partial charge < -0.3 is 19.5 Å². The van der Waals surface area contributed by atoms with Crippen LogP contribution in [0.25, 0.3) is 22.3 Å². The molecule has 1 N–H and O–H groups in total. The number of aromatic nitrogens is 1. The van der Waals surface area contributed by atoms with Gasteiger partial charge in [0.1, 0.15) is 17.7 Å². The van der Waals surface area contributed by atoms with E-state index in [4.69, 9.17) is 14.5 Å². The van der Waals surface area contributed by atoms with Crippen molar-refractivity contribution in [3.05, 3.63) is 100 Å². The lowest BCUT2D eigenvalue weighted by Gasteiger charge is -2.33. The number of aromatic carboxylic acids is 1. The largest absolute Gasteiger partial charge is 0.496 e. The lowest BCUT2D eigenvalue weighted by atomic mass is 9.93. The second-order valence-corrected chi connectivity index (χ2v) is 12.1. The zero-order valence-corrected chi connectivity index (χ0v) is 26.4. The van der Waals surface area contributed by atoms with Gasteiger partial charge in [0.05, 0.1) is 36.5 Å². The number of cyclic esters (lactones) is 1. The standard InChI is InChI=1S/C36H34F3N3O5/c1-20-14-25(17-26(15-20)36(37,38)39)33-22(3)42(35(45)47-33)19-30-28(9-11-32(40-30)41-12-5-13-41)29-18-23(7-10-31(29)46-4)27-8-6-24(34(43)44)16-21(27)2/h6-11,14-18,22,33H,5,12-13,19H2,1-4H3,(H,43,44)/t22-,33-/m0/s1. The monoisotopic (exact) mass is 645 g/mol. The highest BCUT2D eigenvalue weighted by Gasteiger charge is 2.41. The smallest absolute Gasteiger partial charge is 0.416 e. The summed E-state index contributed by atoms with van der Waals surface area (Å²) < 4.78 is 52.3. The maximum absolute atomic E-state index is 13.6. The maximum Gasteiger partial charge on any atom is 0.416 e. The summed E-state index contributed by atoms with van der Waals surface area (Å²) in [5.41, 5.74) is 4.58. The maximum atomic E-state index is 13.6. The van der Waals surface area contributed by atoms with E-state index in [2.05, 4.69) is 4.90 Å². The van der Waals surface area contributed by atoms with Crippen molar-refractivity contribution < 1.29 is 37.3 Å². The first kappa shape index (κ1) is 31.9. The first-order chi connectivity index (χ1) is 22.3. The van der Waals surface area contributed by atoms with Crippen LogP contribution in [0.15, 0.2) is 66.7 Å². The first-order valence-electron chi connectivity index (χ1n) is 15.3. The van der Waals surface area contributed by atoms with E-state index < -0.39 is 35.9 Å². The average molecular weight is 646 g/mol. The number of benzene rings is 3. The summed E-state index contributed by atoms with van der Waals surface area (Å²) in [4.78, 5) is 33.5. The topological polar surface area (TPSA) is 92.2 Å². The van der Waals surface area contributed by atoms with Crippen LogP contribution < -0.4 is 9.64 Å². The van der Waals surface area contributed by atoms with Gasteiger partial charge in [-0.2, -0.15) is 13.2 Å². The van der Waals surface area contributed by atoms with Gasteiger partial charge in [-0.05, 0) is 98.0 Å². The Bertz CT molecular complexity index is 1870. The van der Waals surface area contributed by atoms with Crippen LogP contribution >= 0.6 is 0 Å². The second-order valence-electron chi connectivity index (χ2n) is 12.1. The zero-order valence-electron chi connectivity index (χ0n) is 26.4. The van der Waals surface area contributed by atoms with E-state index in [1.54, 1.807) is 45.2 Å². The van der Waals surface area contributed by atoms with E-state index in [0.717, 1.165) is 59.7 Å². The Morgan fingerprint density at radius 3 is 2.38 bits per heavy atom. The predicted octanol–water partition coefficient (Wildman–Crippen LogP) is 8.05. The molecule has 0 bridgehead atoms. The molecule has 2 aliphatic rings. The molecule has 0 radical (unpaired) electrons. The molecular formula is C36H34F3N3O5. The summed E-state index contributed by atoms with van der Waals surface area (Å²) in [6.45, 7) is 6.95. The molecule has 2 fully saturated rings. The van der Waals surface area contributed by atoms with E-state index in [0.29, 0.717) is 22.6 Å². The van der Waals surface area contributed by atoms with E-state index in [-0.39, 0.29) is 17.7 Å². The number of nitrogens with zero attached hydrogens (tertiary/aromatic N) is 3. The number of alkyl halides is 3. The Labute approximate surface area is 270 Å². The number of carboxylic acid groups (broad SMARTS) is 1. The van der Waals surface area contributed by atoms with Crippen LogP contribution in [0.4, 0.5) is 23.8 Å². The predicted molar refractivity (Wildman–Crippen MR) is 171 cm³/mol. The Kier molecular flexibility index (Phi) is 8.33. The van der Waals surface area contributed by atoms with Crippen LogP contribution in [-0.2, 0) is 17.5 Å².